The highest BCUT2D eigenvalue weighted by Gasteiger charge is 2.18. The molecule has 0 spiro atoms. The lowest BCUT2D eigenvalue weighted by Crippen LogP contribution is -2.40. The van der Waals surface area contributed by atoms with E-state index < -0.39 is 0 Å². The summed E-state index contributed by atoms with van der Waals surface area (Å²) in [6.07, 6.45) is 0. The number of benzene rings is 1. The van der Waals surface area contributed by atoms with Crippen LogP contribution in [0.15, 0.2) is 24.3 Å². The summed E-state index contributed by atoms with van der Waals surface area (Å²) in [5.74, 6) is -0.101. The second kappa shape index (κ2) is 8.78. The van der Waals surface area contributed by atoms with Crippen LogP contribution in [0.1, 0.15) is 27.7 Å². The molecule has 4 nitrogen and oxygen atoms in total. The third-order valence-corrected chi connectivity index (χ3v) is 4.47. The van der Waals surface area contributed by atoms with Gasteiger partial charge in [-0.15, -0.1) is 11.8 Å². The minimum Gasteiger partial charge on any atom is -0.352 e. The van der Waals surface area contributed by atoms with Gasteiger partial charge in [-0.05, 0) is 44.0 Å². The van der Waals surface area contributed by atoms with Gasteiger partial charge in [-0.25, -0.2) is 4.39 Å². The van der Waals surface area contributed by atoms with Gasteiger partial charge in [0, 0.05) is 11.7 Å². The summed E-state index contributed by atoms with van der Waals surface area (Å²) >= 11 is 1.27. The monoisotopic (exact) mass is 326 g/mol. The second-order valence-corrected chi connectivity index (χ2v) is 6.88. The topological polar surface area (TPSA) is 58.2 Å². The van der Waals surface area contributed by atoms with Crippen LogP contribution in [-0.2, 0) is 9.59 Å². The Bertz CT molecular complexity index is 505. The number of halogens is 1. The Balaban J connectivity index is 2.36. The molecule has 1 aromatic carbocycles. The Kier molecular flexibility index (Phi) is 7.38. The van der Waals surface area contributed by atoms with Gasteiger partial charge in [-0.1, -0.05) is 13.8 Å². The van der Waals surface area contributed by atoms with Crippen molar-refractivity contribution in [1.29, 1.82) is 0 Å². The maximum atomic E-state index is 12.8. The first kappa shape index (κ1) is 18.5. The van der Waals surface area contributed by atoms with Crippen LogP contribution in [0.25, 0.3) is 0 Å². The van der Waals surface area contributed by atoms with Crippen molar-refractivity contribution in [3.63, 3.8) is 0 Å². The zero-order chi connectivity index (χ0) is 16.7. The first-order chi connectivity index (χ1) is 10.3. The minimum absolute atomic E-state index is 0.0687. The molecule has 2 unspecified atom stereocenters. The minimum atomic E-state index is -0.350. The first-order valence-corrected chi connectivity index (χ1v) is 8.32. The summed E-state index contributed by atoms with van der Waals surface area (Å²) in [7, 11) is 0. The van der Waals surface area contributed by atoms with Crippen molar-refractivity contribution in [1.82, 2.24) is 5.32 Å². The Morgan fingerprint density at radius 3 is 2.27 bits per heavy atom. The number of nitrogens with one attached hydrogen (secondary N) is 2. The normalized spacial score (nSPS) is 13.5. The van der Waals surface area contributed by atoms with Crippen LogP contribution >= 0.6 is 11.8 Å². The number of carbonyl (C=O) groups excluding carboxylic acids is 2. The third-order valence-electron chi connectivity index (χ3n) is 3.33. The molecule has 0 bridgehead atoms. The Labute approximate surface area is 135 Å². The van der Waals surface area contributed by atoms with Gasteiger partial charge in [-0.2, -0.15) is 0 Å². The van der Waals surface area contributed by atoms with Gasteiger partial charge < -0.3 is 10.6 Å². The largest absolute Gasteiger partial charge is 0.352 e. The number of anilines is 1. The molecule has 22 heavy (non-hydrogen) atoms. The van der Waals surface area contributed by atoms with Crippen molar-refractivity contribution in [3.05, 3.63) is 30.1 Å². The summed E-state index contributed by atoms with van der Waals surface area (Å²) in [6.45, 7) is 7.82. The van der Waals surface area contributed by atoms with Crippen molar-refractivity contribution in [3.8, 4) is 0 Å². The molecule has 0 aliphatic carbocycles. The van der Waals surface area contributed by atoms with Gasteiger partial charge >= 0.3 is 0 Å². The Hall–Kier alpha value is -1.56. The molecule has 6 heteroatoms. The highest BCUT2D eigenvalue weighted by molar-refractivity contribution is 8.01. The lowest BCUT2D eigenvalue weighted by molar-refractivity contribution is -0.121. The van der Waals surface area contributed by atoms with Gasteiger partial charge in [0.05, 0.1) is 11.0 Å². The fourth-order valence-electron chi connectivity index (χ4n) is 1.52. The average Bonchev–Trinajstić information content (AvgIpc) is 2.46. The number of thioether (sulfide) groups is 1. The van der Waals surface area contributed by atoms with Crippen LogP contribution in [-0.4, -0.2) is 28.9 Å². The van der Waals surface area contributed by atoms with Crippen molar-refractivity contribution in [2.75, 3.05) is 11.1 Å². The van der Waals surface area contributed by atoms with Gasteiger partial charge in [0.1, 0.15) is 5.82 Å². The van der Waals surface area contributed by atoms with E-state index in [0.717, 1.165) is 0 Å². The smallest absolute Gasteiger partial charge is 0.234 e. The molecule has 0 heterocycles. The van der Waals surface area contributed by atoms with E-state index in [0.29, 0.717) is 11.6 Å². The molecule has 0 aliphatic heterocycles. The number of amides is 2. The van der Waals surface area contributed by atoms with E-state index in [1.165, 1.54) is 36.0 Å². The number of hydrogen-bond acceptors (Lipinski definition) is 3. The molecule has 0 fully saturated rings. The highest BCUT2D eigenvalue weighted by atomic mass is 32.2. The predicted octanol–water partition coefficient (Wildman–Crippen LogP) is 3.05. The van der Waals surface area contributed by atoms with Crippen LogP contribution in [0, 0.1) is 11.7 Å². The lowest BCUT2D eigenvalue weighted by atomic mass is 10.1. The predicted molar refractivity (Wildman–Crippen MR) is 89.4 cm³/mol. The standard InChI is InChI=1S/C16H23FN2O2S/c1-10(2)11(3)18-16(21)12(4)22-9-15(20)19-14-7-5-13(17)6-8-14/h5-8,10-12H,9H2,1-4H3,(H,18,21)(H,19,20). The zero-order valence-electron chi connectivity index (χ0n) is 13.4. The summed E-state index contributed by atoms with van der Waals surface area (Å²) in [5, 5.41) is 5.28. The lowest BCUT2D eigenvalue weighted by Gasteiger charge is -2.20. The molecule has 0 saturated carbocycles. The average molecular weight is 326 g/mol. The van der Waals surface area contributed by atoms with E-state index in [2.05, 4.69) is 10.6 Å². The molecule has 2 N–H and O–H groups in total. The van der Waals surface area contributed by atoms with Gasteiger partial charge in [-0.3, -0.25) is 9.59 Å². The fourth-order valence-corrected chi connectivity index (χ4v) is 2.21. The van der Waals surface area contributed by atoms with Crippen molar-refractivity contribution < 1.29 is 14.0 Å². The quantitative estimate of drug-likeness (QED) is 0.810. The van der Waals surface area contributed by atoms with Gasteiger partial charge in [0.25, 0.3) is 0 Å². The number of carbonyl (C=O) groups is 2. The van der Waals surface area contributed by atoms with E-state index in [4.69, 9.17) is 0 Å². The summed E-state index contributed by atoms with van der Waals surface area (Å²) in [6, 6.07) is 5.67. The molecule has 1 aromatic rings. The Morgan fingerprint density at radius 1 is 1.14 bits per heavy atom. The second-order valence-electron chi connectivity index (χ2n) is 5.55. The van der Waals surface area contributed by atoms with Crippen LogP contribution in [0.4, 0.5) is 10.1 Å². The first-order valence-electron chi connectivity index (χ1n) is 7.27. The van der Waals surface area contributed by atoms with Gasteiger partial charge in [0.15, 0.2) is 0 Å². The molecule has 0 saturated heterocycles. The van der Waals surface area contributed by atoms with E-state index in [1.54, 1.807) is 6.92 Å². The van der Waals surface area contributed by atoms with E-state index in [1.807, 2.05) is 20.8 Å². The Morgan fingerprint density at radius 2 is 1.73 bits per heavy atom. The maximum Gasteiger partial charge on any atom is 0.234 e. The van der Waals surface area contributed by atoms with Crippen molar-refractivity contribution in [2.24, 2.45) is 5.92 Å². The molecule has 2 atom stereocenters. The molecule has 0 aliphatic rings. The van der Waals surface area contributed by atoms with Crippen LogP contribution in [0.2, 0.25) is 0 Å². The summed E-state index contributed by atoms with van der Waals surface area (Å²) in [4.78, 5) is 23.8. The summed E-state index contributed by atoms with van der Waals surface area (Å²) < 4.78 is 12.8. The maximum absolute atomic E-state index is 12.8. The van der Waals surface area contributed by atoms with Crippen LogP contribution in [0.5, 0.6) is 0 Å². The van der Waals surface area contributed by atoms with Crippen molar-refractivity contribution >= 4 is 29.3 Å². The van der Waals surface area contributed by atoms with E-state index in [9.17, 15) is 14.0 Å². The molecular formula is C16H23FN2O2S. The van der Waals surface area contributed by atoms with Crippen molar-refractivity contribution in [2.45, 2.75) is 39.0 Å². The molecule has 0 aromatic heterocycles. The summed E-state index contributed by atoms with van der Waals surface area (Å²) in [5.41, 5.74) is 0.539. The third kappa shape index (κ3) is 6.47. The van der Waals surface area contributed by atoms with Crippen LogP contribution in [0.3, 0.4) is 0 Å². The molecule has 2 amide bonds. The molecule has 1 rings (SSSR count). The molecule has 122 valence electrons. The molecular weight excluding hydrogens is 303 g/mol. The zero-order valence-corrected chi connectivity index (χ0v) is 14.2. The van der Waals surface area contributed by atoms with E-state index >= 15 is 0 Å². The van der Waals surface area contributed by atoms with Crippen LogP contribution < -0.4 is 10.6 Å². The number of hydrogen-bond donors (Lipinski definition) is 2. The van der Waals surface area contributed by atoms with Gasteiger partial charge in [0.2, 0.25) is 11.8 Å². The fraction of sp³-hybridized carbons (Fsp3) is 0.500. The highest BCUT2D eigenvalue weighted by Crippen LogP contribution is 2.14. The molecule has 0 radical (unpaired) electrons. The SMILES string of the molecule is CC(SCC(=O)Nc1ccc(F)cc1)C(=O)NC(C)C(C)C. The number of rotatable bonds is 7. The van der Waals surface area contributed by atoms with E-state index in [-0.39, 0.29) is 34.7 Å².